The van der Waals surface area contributed by atoms with Crippen molar-refractivity contribution >= 4 is 17.5 Å². The molecule has 0 atom stereocenters. The number of benzene rings is 1. The normalized spacial score (nSPS) is 15.3. The quantitative estimate of drug-likeness (QED) is 0.908. The van der Waals surface area contributed by atoms with Gasteiger partial charge in [-0.05, 0) is 31.2 Å². The average molecular weight is 325 g/mol. The first-order chi connectivity index (χ1) is 11.7. The Hall–Kier alpha value is -2.47. The van der Waals surface area contributed by atoms with Crippen LogP contribution in [-0.4, -0.2) is 54.2 Å². The van der Waals surface area contributed by atoms with Crippen molar-refractivity contribution in [3.8, 4) is 0 Å². The maximum atomic E-state index is 12.0. The summed E-state index contributed by atoms with van der Waals surface area (Å²) < 4.78 is 0. The first-order valence-corrected chi connectivity index (χ1v) is 8.32. The lowest BCUT2D eigenvalue weighted by Crippen LogP contribution is -2.44. The number of carbonyl (C=O) groups is 1. The molecule has 6 heteroatoms. The van der Waals surface area contributed by atoms with Gasteiger partial charge in [-0.3, -0.25) is 4.79 Å². The zero-order chi connectivity index (χ0) is 16.8. The molecule has 0 saturated carbocycles. The van der Waals surface area contributed by atoms with Crippen molar-refractivity contribution in [3.05, 3.63) is 48.0 Å². The molecule has 2 heterocycles. The lowest BCUT2D eigenvalue weighted by molar-refractivity contribution is -0.116. The minimum Gasteiger partial charge on any atom is -0.353 e. The highest BCUT2D eigenvalue weighted by molar-refractivity contribution is 5.89. The van der Waals surface area contributed by atoms with Gasteiger partial charge in [0.15, 0.2) is 11.6 Å². The minimum absolute atomic E-state index is 0.0412. The second-order valence-corrected chi connectivity index (χ2v) is 6.10. The summed E-state index contributed by atoms with van der Waals surface area (Å²) in [5.41, 5.74) is 1.16. The van der Waals surface area contributed by atoms with E-state index in [1.807, 2.05) is 42.5 Å². The van der Waals surface area contributed by atoms with Crippen LogP contribution in [0.2, 0.25) is 0 Å². The standard InChI is InChI=1S/C18H23N5O/c1-22-11-13-23(14-12-22)17-9-8-16(20-21-17)19-18(24)10-7-15-5-3-2-4-6-15/h2-6,8-9H,7,10-14H2,1H3,(H,19,20,24). The lowest BCUT2D eigenvalue weighted by atomic mass is 10.1. The van der Waals surface area contributed by atoms with Gasteiger partial charge < -0.3 is 15.1 Å². The highest BCUT2D eigenvalue weighted by Crippen LogP contribution is 2.14. The molecule has 1 fully saturated rings. The van der Waals surface area contributed by atoms with E-state index in [1.165, 1.54) is 0 Å². The molecule has 1 aliphatic rings. The Morgan fingerprint density at radius 2 is 1.79 bits per heavy atom. The molecule has 1 amide bonds. The third-order valence-electron chi connectivity index (χ3n) is 4.23. The van der Waals surface area contributed by atoms with Crippen molar-refractivity contribution in [1.29, 1.82) is 0 Å². The summed E-state index contributed by atoms with van der Waals surface area (Å²) in [6.45, 7) is 3.96. The molecule has 0 spiro atoms. The van der Waals surface area contributed by atoms with Crippen molar-refractivity contribution in [2.75, 3.05) is 43.4 Å². The molecule has 0 bridgehead atoms. The predicted molar refractivity (Wildman–Crippen MR) is 95.1 cm³/mol. The van der Waals surface area contributed by atoms with Crippen LogP contribution in [0.25, 0.3) is 0 Å². The fraction of sp³-hybridized carbons (Fsp3) is 0.389. The minimum atomic E-state index is -0.0412. The topological polar surface area (TPSA) is 61.4 Å². The van der Waals surface area contributed by atoms with Gasteiger partial charge in [0.25, 0.3) is 0 Å². The van der Waals surface area contributed by atoms with Crippen molar-refractivity contribution in [1.82, 2.24) is 15.1 Å². The van der Waals surface area contributed by atoms with Crippen molar-refractivity contribution in [2.45, 2.75) is 12.8 Å². The molecule has 1 aromatic carbocycles. The maximum absolute atomic E-state index is 12.0. The highest BCUT2D eigenvalue weighted by atomic mass is 16.1. The van der Waals surface area contributed by atoms with Gasteiger partial charge >= 0.3 is 0 Å². The van der Waals surface area contributed by atoms with Gasteiger partial charge in [0, 0.05) is 32.6 Å². The number of carbonyl (C=O) groups excluding carboxylic acids is 1. The van der Waals surface area contributed by atoms with Crippen molar-refractivity contribution in [3.63, 3.8) is 0 Å². The number of aromatic nitrogens is 2. The Kier molecular flexibility index (Phi) is 5.38. The van der Waals surface area contributed by atoms with Crippen LogP contribution in [-0.2, 0) is 11.2 Å². The van der Waals surface area contributed by atoms with Gasteiger partial charge in [-0.1, -0.05) is 30.3 Å². The smallest absolute Gasteiger partial charge is 0.225 e. The summed E-state index contributed by atoms with van der Waals surface area (Å²) in [6.07, 6.45) is 1.16. The molecule has 1 N–H and O–H groups in total. The Bertz CT molecular complexity index is 651. The predicted octanol–water partition coefficient (Wildman–Crippen LogP) is 1.80. The van der Waals surface area contributed by atoms with E-state index in [2.05, 4.69) is 32.4 Å². The zero-order valence-corrected chi connectivity index (χ0v) is 14.0. The largest absolute Gasteiger partial charge is 0.353 e. The van der Waals surface area contributed by atoms with Gasteiger partial charge in [-0.15, -0.1) is 10.2 Å². The molecule has 24 heavy (non-hydrogen) atoms. The Morgan fingerprint density at radius 1 is 1.04 bits per heavy atom. The summed E-state index contributed by atoms with van der Waals surface area (Å²) in [6, 6.07) is 13.7. The molecule has 126 valence electrons. The molecular weight excluding hydrogens is 302 g/mol. The Morgan fingerprint density at radius 3 is 2.46 bits per heavy atom. The number of hydrogen-bond donors (Lipinski definition) is 1. The van der Waals surface area contributed by atoms with Gasteiger partial charge in [0.05, 0.1) is 0 Å². The third kappa shape index (κ3) is 4.52. The number of piperazine rings is 1. The summed E-state index contributed by atoms with van der Waals surface area (Å²) in [5, 5.41) is 11.2. The van der Waals surface area contributed by atoms with Gasteiger partial charge in [-0.25, -0.2) is 0 Å². The van der Waals surface area contributed by atoms with Crippen LogP contribution in [0.15, 0.2) is 42.5 Å². The Balaban J connectivity index is 1.49. The number of aryl methyl sites for hydroxylation is 1. The van der Waals surface area contributed by atoms with E-state index in [1.54, 1.807) is 0 Å². The SMILES string of the molecule is CN1CCN(c2ccc(NC(=O)CCc3ccccc3)nn2)CC1. The van der Waals surface area contributed by atoms with Crippen LogP contribution in [0.3, 0.4) is 0 Å². The number of nitrogens with one attached hydrogen (secondary N) is 1. The zero-order valence-electron chi connectivity index (χ0n) is 14.0. The van der Waals surface area contributed by atoms with Gasteiger partial charge in [-0.2, -0.15) is 0 Å². The first kappa shape index (κ1) is 16.4. The van der Waals surface area contributed by atoms with Crippen LogP contribution in [0.1, 0.15) is 12.0 Å². The van der Waals surface area contributed by atoms with E-state index in [-0.39, 0.29) is 5.91 Å². The maximum Gasteiger partial charge on any atom is 0.225 e. The van der Waals surface area contributed by atoms with Crippen LogP contribution in [0.5, 0.6) is 0 Å². The van der Waals surface area contributed by atoms with Crippen LogP contribution in [0.4, 0.5) is 11.6 Å². The molecule has 0 radical (unpaired) electrons. The van der Waals surface area contributed by atoms with Crippen molar-refractivity contribution in [2.24, 2.45) is 0 Å². The number of amides is 1. The summed E-state index contributed by atoms with van der Waals surface area (Å²) in [5.74, 6) is 1.33. The highest BCUT2D eigenvalue weighted by Gasteiger charge is 2.15. The number of likely N-dealkylation sites (N-methyl/N-ethyl adjacent to an activating group) is 1. The molecule has 0 aliphatic carbocycles. The molecule has 2 aromatic rings. The lowest BCUT2D eigenvalue weighted by Gasteiger charge is -2.32. The summed E-state index contributed by atoms with van der Waals surface area (Å²) >= 11 is 0. The molecule has 1 saturated heterocycles. The van der Waals surface area contributed by atoms with Gasteiger partial charge in [0.2, 0.25) is 5.91 Å². The van der Waals surface area contributed by atoms with E-state index in [0.29, 0.717) is 12.2 Å². The van der Waals surface area contributed by atoms with E-state index >= 15 is 0 Å². The molecule has 1 aliphatic heterocycles. The third-order valence-corrected chi connectivity index (χ3v) is 4.23. The van der Waals surface area contributed by atoms with Crippen LogP contribution in [0, 0.1) is 0 Å². The molecular formula is C18H23N5O. The number of anilines is 2. The second-order valence-electron chi connectivity index (χ2n) is 6.10. The van der Waals surface area contributed by atoms with E-state index in [9.17, 15) is 4.79 Å². The van der Waals surface area contributed by atoms with Crippen LogP contribution < -0.4 is 10.2 Å². The van der Waals surface area contributed by atoms with Gasteiger partial charge in [0.1, 0.15) is 0 Å². The molecule has 3 rings (SSSR count). The number of nitrogens with zero attached hydrogens (tertiary/aromatic N) is 4. The Labute approximate surface area is 142 Å². The van der Waals surface area contributed by atoms with Crippen LogP contribution >= 0.6 is 0 Å². The fourth-order valence-electron chi connectivity index (χ4n) is 2.70. The van der Waals surface area contributed by atoms with Crippen molar-refractivity contribution < 1.29 is 4.79 Å². The van der Waals surface area contributed by atoms with E-state index in [0.717, 1.165) is 44.0 Å². The monoisotopic (exact) mass is 325 g/mol. The summed E-state index contributed by atoms with van der Waals surface area (Å²) in [4.78, 5) is 16.5. The number of rotatable bonds is 5. The van der Waals surface area contributed by atoms with E-state index < -0.39 is 0 Å². The second kappa shape index (κ2) is 7.88. The molecule has 0 unspecified atom stereocenters. The fourth-order valence-corrected chi connectivity index (χ4v) is 2.70. The average Bonchev–Trinajstić information content (AvgIpc) is 2.62. The first-order valence-electron chi connectivity index (χ1n) is 8.32. The summed E-state index contributed by atoms with van der Waals surface area (Å²) in [7, 11) is 2.12. The molecule has 1 aromatic heterocycles. The van der Waals surface area contributed by atoms with E-state index in [4.69, 9.17) is 0 Å². The molecule has 6 nitrogen and oxygen atoms in total. The number of hydrogen-bond acceptors (Lipinski definition) is 5.